The number of rotatable bonds is 3. The van der Waals surface area contributed by atoms with Crippen LogP contribution in [0.2, 0.25) is 0 Å². The van der Waals surface area contributed by atoms with Crippen LogP contribution in [0.25, 0.3) is 0 Å². The van der Waals surface area contributed by atoms with Crippen LogP contribution in [-0.4, -0.2) is 20.6 Å². The smallest absolute Gasteiger partial charge is 0.293 e. The van der Waals surface area contributed by atoms with Crippen molar-refractivity contribution in [3.63, 3.8) is 0 Å². The zero-order valence-corrected chi connectivity index (χ0v) is 11.0. The minimum absolute atomic E-state index is 0.119. The van der Waals surface area contributed by atoms with Crippen LogP contribution in [0.5, 0.6) is 0 Å². The normalized spacial score (nSPS) is 10.3. The summed E-state index contributed by atoms with van der Waals surface area (Å²) < 4.78 is 1.35. The highest BCUT2D eigenvalue weighted by Crippen LogP contribution is 2.26. The van der Waals surface area contributed by atoms with Gasteiger partial charge in [0.15, 0.2) is 0 Å². The van der Waals surface area contributed by atoms with Crippen molar-refractivity contribution in [3.05, 3.63) is 45.6 Å². The highest BCUT2D eigenvalue weighted by atomic mass is 16.6. The Labute approximate surface area is 114 Å². The number of hydrogen-bond donors (Lipinski definition) is 2. The number of benzene rings is 1. The number of amides is 1. The Morgan fingerprint density at radius 1 is 1.50 bits per heavy atom. The third-order valence-corrected chi connectivity index (χ3v) is 2.83. The lowest BCUT2D eigenvalue weighted by molar-refractivity contribution is -0.384. The molecule has 0 atom stereocenters. The number of carbonyl (C=O) groups is 1. The predicted octanol–water partition coefficient (Wildman–Crippen LogP) is 1.47. The summed E-state index contributed by atoms with van der Waals surface area (Å²) in [6.45, 7) is 1.73. The maximum absolute atomic E-state index is 12.0. The van der Waals surface area contributed by atoms with Crippen LogP contribution in [0.15, 0.2) is 24.4 Å². The Morgan fingerprint density at radius 2 is 2.20 bits per heavy atom. The molecule has 1 aromatic carbocycles. The van der Waals surface area contributed by atoms with Gasteiger partial charge in [-0.1, -0.05) is 6.07 Å². The van der Waals surface area contributed by atoms with E-state index in [1.165, 1.54) is 23.0 Å². The Bertz CT molecular complexity index is 692. The summed E-state index contributed by atoms with van der Waals surface area (Å²) in [7, 11) is 1.60. The van der Waals surface area contributed by atoms with E-state index in [4.69, 9.17) is 5.73 Å². The summed E-state index contributed by atoms with van der Waals surface area (Å²) in [6.07, 6.45) is 1.31. The van der Waals surface area contributed by atoms with E-state index in [2.05, 4.69) is 10.4 Å². The molecule has 1 heterocycles. The number of nitro groups is 1. The van der Waals surface area contributed by atoms with Gasteiger partial charge in [0.25, 0.3) is 11.6 Å². The van der Waals surface area contributed by atoms with Gasteiger partial charge in [0, 0.05) is 13.1 Å². The fourth-order valence-electron chi connectivity index (χ4n) is 1.71. The first-order valence-electron chi connectivity index (χ1n) is 5.74. The minimum atomic E-state index is -0.546. The van der Waals surface area contributed by atoms with Crippen LogP contribution >= 0.6 is 0 Å². The second-order valence-corrected chi connectivity index (χ2v) is 4.30. The molecule has 8 nitrogen and oxygen atoms in total. The molecule has 0 aliphatic rings. The molecule has 0 saturated heterocycles. The topological polar surface area (TPSA) is 116 Å². The molecular weight excluding hydrogens is 262 g/mol. The molecule has 0 radical (unpaired) electrons. The van der Waals surface area contributed by atoms with Crippen LogP contribution < -0.4 is 11.1 Å². The second-order valence-electron chi connectivity index (χ2n) is 4.30. The van der Waals surface area contributed by atoms with Crippen molar-refractivity contribution in [2.45, 2.75) is 6.92 Å². The summed E-state index contributed by atoms with van der Waals surface area (Å²) in [6, 6.07) is 4.55. The van der Waals surface area contributed by atoms with Crippen molar-refractivity contribution in [2.75, 3.05) is 11.1 Å². The van der Waals surface area contributed by atoms with E-state index in [1.807, 2.05) is 0 Å². The minimum Gasteiger partial charge on any atom is -0.383 e. The monoisotopic (exact) mass is 275 g/mol. The van der Waals surface area contributed by atoms with Crippen LogP contribution in [0.3, 0.4) is 0 Å². The van der Waals surface area contributed by atoms with Crippen molar-refractivity contribution in [2.24, 2.45) is 7.05 Å². The molecule has 20 heavy (non-hydrogen) atoms. The Balaban J connectivity index is 2.33. The van der Waals surface area contributed by atoms with Crippen molar-refractivity contribution >= 4 is 23.1 Å². The van der Waals surface area contributed by atoms with Crippen LogP contribution in [0, 0.1) is 17.0 Å². The van der Waals surface area contributed by atoms with Gasteiger partial charge >= 0.3 is 0 Å². The molecule has 0 aliphatic heterocycles. The van der Waals surface area contributed by atoms with Gasteiger partial charge in [0.1, 0.15) is 17.1 Å². The van der Waals surface area contributed by atoms with Crippen molar-refractivity contribution in [1.29, 1.82) is 0 Å². The largest absolute Gasteiger partial charge is 0.383 e. The molecule has 3 N–H and O–H groups in total. The predicted molar refractivity (Wildman–Crippen MR) is 73.4 cm³/mol. The molecule has 0 spiro atoms. The van der Waals surface area contributed by atoms with Gasteiger partial charge in [-0.15, -0.1) is 0 Å². The lowest BCUT2D eigenvalue weighted by atomic mass is 10.2. The van der Waals surface area contributed by atoms with E-state index < -0.39 is 10.8 Å². The average Bonchev–Trinajstić information content (AvgIpc) is 2.72. The van der Waals surface area contributed by atoms with E-state index in [0.717, 1.165) is 5.56 Å². The van der Waals surface area contributed by atoms with Gasteiger partial charge in [-0.3, -0.25) is 19.6 Å². The highest BCUT2D eigenvalue weighted by molar-refractivity contribution is 6.08. The van der Waals surface area contributed by atoms with E-state index >= 15 is 0 Å². The zero-order valence-electron chi connectivity index (χ0n) is 11.0. The number of nitrogen functional groups attached to an aromatic ring is 1. The molecular formula is C12H13N5O3. The van der Waals surface area contributed by atoms with Gasteiger partial charge < -0.3 is 11.1 Å². The van der Waals surface area contributed by atoms with Crippen molar-refractivity contribution in [1.82, 2.24) is 9.78 Å². The standard InChI is InChI=1S/C12H13N5O3/c1-7-3-4-9(10(5-7)17(19)20)15-12(18)8-6-14-16(2)11(8)13/h3-6H,13H2,1-2H3,(H,15,18). The maximum atomic E-state index is 12.0. The van der Waals surface area contributed by atoms with Crippen LogP contribution in [0.4, 0.5) is 17.2 Å². The Morgan fingerprint density at radius 3 is 2.75 bits per heavy atom. The SMILES string of the molecule is Cc1ccc(NC(=O)c2cnn(C)c2N)c([N+](=O)[O-])c1. The molecule has 1 aromatic heterocycles. The number of anilines is 2. The summed E-state index contributed by atoms with van der Waals surface area (Å²) in [4.78, 5) is 22.5. The van der Waals surface area contributed by atoms with E-state index in [9.17, 15) is 14.9 Å². The number of nitrogens with one attached hydrogen (secondary N) is 1. The van der Waals surface area contributed by atoms with Crippen LogP contribution in [0.1, 0.15) is 15.9 Å². The first-order chi connectivity index (χ1) is 9.40. The first-order valence-corrected chi connectivity index (χ1v) is 5.74. The van der Waals surface area contributed by atoms with Crippen molar-refractivity contribution < 1.29 is 9.72 Å². The number of carbonyl (C=O) groups excluding carboxylic acids is 1. The summed E-state index contributed by atoms with van der Waals surface area (Å²) in [5.41, 5.74) is 6.54. The summed E-state index contributed by atoms with van der Waals surface area (Å²) in [5.74, 6) is -0.347. The second kappa shape index (κ2) is 5.00. The number of nitrogens with zero attached hydrogens (tertiary/aromatic N) is 3. The molecule has 0 saturated carbocycles. The van der Waals surface area contributed by atoms with E-state index in [1.54, 1.807) is 20.0 Å². The van der Waals surface area contributed by atoms with Gasteiger partial charge in [-0.05, 0) is 18.6 Å². The lowest BCUT2D eigenvalue weighted by Crippen LogP contribution is -2.14. The number of nitro benzene ring substituents is 1. The molecule has 104 valence electrons. The van der Waals surface area contributed by atoms with Gasteiger partial charge in [0.2, 0.25) is 0 Å². The molecule has 0 bridgehead atoms. The van der Waals surface area contributed by atoms with Gasteiger partial charge in [-0.25, -0.2) is 0 Å². The van der Waals surface area contributed by atoms with E-state index in [-0.39, 0.29) is 22.8 Å². The number of aromatic nitrogens is 2. The average molecular weight is 275 g/mol. The quantitative estimate of drug-likeness (QED) is 0.650. The van der Waals surface area contributed by atoms with Crippen LogP contribution in [-0.2, 0) is 7.05 Å². The molecule has 1 amide bonds. The van der Waals surface area contributed by atoms with Gasteiger partial charge in [-0.2, -0.15) is 5.10 Å². The third-order valence-electron chi connectivity index (χ3n) is 2.83. The van der Waals surface area contributed by atoms with E-state index in [0.29, 0.717) is 0 Å². The molecule has 2 rings (SSSR count). The number of hydrogen-bond acceptors (Lipinski definition) is 5. The summed E-state index contributed by atoms with van der Waals surface area (Å²) >= 11 is 0. The number of aryl methyl sites for hydroxylation is 2. The molecule has 2 aromatic rings. The number of nitrogens with two attached hydrogens (primary N) is 1. The first kappa shape index (κ1) is 13.5. The third kappa shape index (κ3) is 2.44. The fraction of sp³-hybridized carbons (Fsp3) is 0.167. The zero-order chi connectivity index (χ0) is 14.9. The molecule has 8 heteroatoms. The fourth-order valence-corrected chi connectivity index (χ4v) is 1.71. The molecule has 0 aliphatic carbocycles. The Hall–Kier alpha value is -2.90. The van der Waals surface area contributed by atoms with Gasteiger partial charge in [0.05, 0.1) is 11.1 Å². The van der Waals surface area contributed by atoms with Crippen molar-refractivity contribution in [3.8, 4) is 0 Å². The summed E-state index contributed by atoms with van der Waals surface area (Å²) in [5, 5.41) is 17.3. The highest BCUT2D eigenvalue weighted by Gasteiger charge is 2.19. The lowest BCUT2D eigenvalue weighted by Gasteiger charge is -2.06. The molecule has 0 unspecified atom stereocenters. The maximum Gasteiger partial charge on any atom is 0.293 e. The Kier molecular flexibility index (Phi) is 3.38. The molecule has 0 fully saturated rings.